The number of amides is 1. The average Bonchev–Trinajstić information content (AvgIpc) is 3.29. The van der Waals surface area contributed by atoms with Gasteiger partial charge in [0.15, 0.2) is 11.5 Å². The Kier molecular flexibility index (Phi) is 6.63. The zero-order valence-corrected chi connectivity index (χ0v) is 18.3. The molecule has 0 bridgehead atoms. The van der Waals surface area contributed by atoms with E-state index in [-0.39, 0.29) is 16.2 Å². The Morgan fingerprint density at radius 2 is 1.77 bits per heavy atom. The van der Waals surface area contributed by atoms with Gasteiger partial charge in [0, 0.05) is 11.3 Å². The van der Waals surface area contributed by atoms with Crippen molar-refractivity contribution in [1.82, 2.24) is 5.32 Å². The van der Waals surface area contributed by atoms with E-state index in [1.165, 1.54) is 12.1 Å². The second-order valence-corrected chi connectivity index (χ2v) is 9.28. The number of rotatable bonds is 8. The summed E-state index contributed by atoms with van der Waals surface area (Å²) in [4.78, 5) is 12.7. The second kappa shape index (κ2) is 9.19. The number of carbonyl (C=O) groups excluding carboxylic acids is 1. The number of hydrogen-bond acceptors (Lipinski definition) is 6. The van der Waals surface area contributed by atoms with E-state index in [1.807, 2.05) is 13.0 Å². The summed E-state index contributed by atoms with van der Waals surface area (Å²) in [7, 11) is -0.575. The highest BCUT2D eigenvalue weighted by molar-refractivity contribution is 7.94. The first kappa shape index (κ1) is 21.7. The van der Waals surface area contributed by atoms with Gasteiger partial charge in [-0.1, -0.05) is 18.2 Å². The molecule has 0 aliphatic carbocycles. The van der Waals surface area contributed by atoms with Crippen molar-refractivity contribution in [3.63, 3.8) is 0 Å². The van der Waals surface area contributed by atoms with Crippen LogP contribution in [0.1, 0.15) is 28.9 Å². The molecule has 158 valence electrons. The third-order valence-electron chi connectivity index (χ3n) is 4.39. The van der Waals surface area contributed by atoms with Crippen molar-refractivity contribution in [1.29, 1.82) is 0 Å². The molecule has 1 aromatic heterocycles. The molecule has 0 radical (unpaired) electrons. The van der Waals surface area contributed by atoms with Gasteiger partial charge in [-0.05, 0) is 54.3 Å². The fourth-order valence-electron chi connectivity index (χ4n) is 2.83. The van der Waals surface area contributed by atoms with Crippen molar-refractivity contribution >= 4 is 33.0 Å². The fraction of sp³-hybridized carbons (Fsp3) is 0.190. The van der Waals surface area contributed by atoms with Crippen LogP contribution in [0.3, 0.4) is 0 Å². The van der Waals surface area contributed by atoms with Gasteiger partial charge >= 0.3 is 0 Å². The molecule has 3 aromatic rings. The van der Waals surface area contributed by atoms with Crippen LogP contribution in [0.5, 0.6) is 11.5 Å². The lowest BCUT2D eigenvalue weighted by Gasteiger charge is -2.17. The highest BCUT2D eigenvalue weighted by Crippen LogP contribution is 2.30. The molecule has 0 fully saturated rings. The Morgan fingerprint density at radius 1 is 1.00 bits per heavy atom. The molecule has 0 aliphatic heterocycles. The lowest BCUT2D eigenvalue weighted by Crippen LogP contribution is -2.26. The highest BCUT2D eigenvalue weighted by Gasteiger charge is 2.17. The molecule has 2 N–H and O–H groups in total. The molecule has 9 heteroatoms. The number of ether oxygens (including phenoxy) is 2. The third kappa shape index (κ3) is 4.92. The number of thiophene rings is 1. The summed E-state index contributed by atoms with van der Waals surface area (Å²) < 4.78 is 38.0. The van der Waals surface area contributed by atoms with E-state index in [0.29, 0.717) is 22.7 Å². The molecule has 1 amide bonds. The van der Waals surface area contributed by atoms with Gasteiger partial charge in [0.05, 0.1) is 20.3 Å². The summed E-state index contributed by atoms with van der Waals surface area (Å²) >= 11 is 1.12. The molecule has 2 aromatic carbocycles. The summed E-state index contributed by atoms with van der Waals surface area (Å²) in [6.07, 6.45) is 0. The summed E-state index contributed by atoms with van der Waals surface area (Å²) in [5.74, 6) is 0.848. The molecule has 0 spiro atoms. The Balaban J connectivity index is 1.74. The minimum Gasteiger partial charge on any atom is -0.493 e. The minimum atomic E-state index is -3.68. The molecule has 0 saturated heterocycles. The Labute approximate surface area is 179 Å². The SMILES string of the molecule is COc1ccc(C(C)NC(=O)c2cccc(NS(=O)(=O)c3cccs3)c2)cc1OC. The molecule has 3 rings (SSSR count). The molecule has 1 heterocycles. The van der Waals surface area contributed by atoms with E-state index in [0.717, 1.165) is 16.9 Å². The molecular formula is C21H22N2O5S2. The van der Waals surface area contributed by atoms with Crippen molar-refractivity contribution in [2.75, 3.05) is 18.9 Å². The maximum Gasteiger partial charge on any atom is 0.271 e. The predicted molar refractivity (Wildman–Crippen MR) is 117 cm³/mol. The van der Waals surface area contributed by atoms with Crippen molar-refractivity contribution in [2.24, 2.45) is 0 Å². The number of nitrogens with one attached hydrogen (secondary N) is 2. The van der Waals surface area contributed by atoms with Crippen LogP contribution in [-0.4, -0.2) is 28.5 Å². The summed E-state index contributed by atoms with van der Waals surface area (Å²) in [5.41, 5.74) is 1.50. The summed E-state index contributed by atoms with van der Waals surface area (Å²) in [5, 5.41) is 4.60. The summed E-state index contributed by atoms with van der Waals surface area (Å²) in [6, 6.07) is 14.7. The van der Waals surface area contributed by atoms with E-state index in [2.05, 4.69) is 10.0 Å². The quantitative estimate of drug-likeness (QED) is 0.544. The Morgan fingerprint density at radius 3 is 2.43 bits per heavy atom. The smallest absolute Gasteiger partial charge is 0.271 e. The summed E-state index contributed by atoms with van der Waals surface area (Å²) in [6.45, 7) is 1.85. The lowest BCUT2D eigenvalue weighted by molar-refractivity contribution is 0.0940. The standard InChI is InChI=1S/C21H22N2O5S2/c1-14(15-9-10-18(27-2)19(13-15)28-3)22-21(24)16-6-4-7-17(12-16)23-30(25,26)20-8-5-11-29-20/h4-14,23H,1-3H3,(H,22,24). The van der Waals surface area contributed by atoms with Gasteiger partial charge in [-0.15, -0.1) is 11.3 Å². The number of carbonyl (C=O) groups is 1. The van der Waals surface area contributed by atoms with Gasteiger partial charge in [0.2, 0.25) is 0 Å². The number of sulfonamides is 1. The fourth-order valence-corrected chi connectivity index (χ4v) is 4.87. The number of methoxy groups -OCH3 is 2. The van der Waals surface area contributed by atoms with E-state index in [1.54, 1.807) is 56.0 Å². The molecule has 7 nitrogen and oxygen atoms in total. The van der Waals surface area contributed by atoms with Gasteiger partial charge in [0.1, 0.15) is 4.21 Å². The first-order valence-corrected chi connectivity index (χ1v) is 11.4. The van der Waals surface area contributed by atoms with Crippen LogP contribution in [0, 0.1) is 0 Å². The average molecular weight is 447 g/mol. The predicted octanol–water partition coefficient (Wildman–Crippen LogP) is 4.06. The topological polar surface area (TPSA) is 93.7 Å². The van der Waals surface area contributed by atoms with E-state index >= 15 is 0 Å². The largest absolute Gasteiger partial charge is 0.493 e. The van der Waals surface area contributed by atoms with Crippen molar-refractivity contribution < 1.29 is 22.7 Å². The molecule has 0 saturated carbocycles. The maximum absolute atomic E-state index is 12.7. The third-order valence-corrected chi connectivity index (χ3v) is 7.17. The number of benzene rings is 2. The number of anilines is 1. The van der Waals surface area contributed by atoms with E-state index in [9.17, 15) is 13.2 Å². The highest BCUT2D eigenvalue weighted by atomic mass is 32.2. The molecule has 1 unspecified atom stereocenters. The van der Waals surface area contributed by atoms with E-state index in [4.69, 9.17) is 9.47 Å². The molecule has 0 aliphatic rings. The first-order chi connectivity index (χ1) is 14.3. The first-order valence-electron chi connectivity index (χ1n) is 9.03. The van der Waals surface area contributed by atoms with Crippen molar-refractivity contribution in [2.45, 2.75) is 17.2 Å². The molecule has 30 heavy (non-hydrogen) atoms. The van der Waals surface area contributed by atoms with Crippen LogP contribution in [-0.2, 0) is 10.0 Å². The molecule has 1 atom stereocenters. The Hall–Kier alpha value is -3.04. The zero-order valence-electron chi connectivity index (χ0n) is 16.7. The Bertz CT molecular complexity index is 1130. The number of hydrogen-bond donors (Lipinski definition) is 2. The van der Waals surface area contributed by atoms with Crippen LogP contribution in [0.25, 0.3) is 0 Å². The maximum atomic E-state index is 12.7. The lowest BCUT2D eigenvalue weighted by atomic mass is 10.1. The normalized spacial score (nSPS) is 12.1. The van der Waals surface area contributed by atoms with Gasteiger partial charge in [-0.25, -0.2) is 8.42 Å². The van der Waals surface area contributed by atoms with Crippen LogP contribution in [0.15, 0.2) is 64.2 Å². The van der Waals surface area contributed by atoms with Crippen LogP contribution >= 0.6 is 11.3 Å². The van der Waals surface area contributed by atoms with Gasteiger partial charge in [0.25, 0.3) is 15.9 Å². The van der Waals surface area contributed by atoms with Crippen LogP contribution in [0.2, 0.25) is 0 Å². The second-order valence-electron chi connectivity index (χ2n) is 6.43. The zero-order chi connectivity index (χ0) is 21.7. The van der Waals surface area contributed by atoms with E-state index < -0.39 is 10.0 Å². The van der Waals surface area contributed by atoms with Gasteiger partial charge in [-0.3, -0.25) is 9.52 Å². The van der Waals surface area contributed by atoms with Crippen molar-refractivity contribution in [3.8, 4) is 11.5 Å². The van der Waals surface area contributed by atoms with Crippen molar-refractivity contribution in [3.05, 3.63) is 71.1 Å². The minimum absolute atomic E-state index is 0.208. The molecular weight excluding hydrogens is 424 g/mol. The van der Waals surface area contributed by atoms with Crippen LogP contribution in [0.4, 0.5) is 5.69 Å². The monoisotopic (exact) mass is 446 g/mol. The van der Waals surface area contributed by atoms with Gasteiger partial charge in [-0.2, -0.15) is 0 Å². The van der Waals surface area contributed by atoms with Crippen LogP contribution < -0.4 is 19.5 Å². The van der Waals surface area contributed by atoms with Gasteiger partial charge < -0.3 is 14.8 Å².